The lowest BCUT2D eigenvalue weighted by atomic mass is 10.1. The van der Waals surface area contributed by atoms with Gasteiger partial charge in [-0.1, -0.05) is 0 Å². The highest BCUT2D eigenvalue weighted by Crippen LogP contribution is 2.09. The molecule has 0 spiro atoms. The summed E-state index contributed by atoms with van der Waals surface area (Å²) in [4.78, 5) is 24.0. The minimum atomic E-state index is -0.376. The molecule has 0 radical (unpaired) electrons. The topological polar surface area (TPSA) is 70.7 Å². The van der Waals surface area contributed by atoms with Crippen molar-refractivity contribution in [1.82, 2.24) is 15.5 Å². The van der Waals surface area contributed by atoms with E-state index in [2.05, 4.69) is 20.3 Å². The van der Waals surface area contributed by atoms with Gasteiger partial charge in [0, 0.05) is 32.6 Å². The quantitative estimate of drug-likeness (QED) is 0.726. The number of hydrogen-bond acceptors (Lipinski definition) is 4. The maximum atomic E-state index is 11.1. The first-order valence-electron chi connectivity index (χ1n) is 5.93. The van der Waals surface area contributed by atoms with Crippen LogP contribution in [0.4, 0.5) is 4.79 Å². The van der Waals surface area contributed by atoms with Crippen molar-refractivity contribution < 1.29 is 14.3 Å². The zero-order valence-electron chi connectivity index (χ0n) is 10.5. The summed E-state index contributed by atoms with van der Waals surface area (Å²) < 4.78 is 4.58. The number of alkyl carbamates (subject to hydrolysis) is 1. The number of nitrogens with zero attached hydrogens (tertiary/aromatic N) is 1. The second-order valence-electron chi connectivity index (χ2n) is 4.26. The van der Waals surface area contributed by atoms with E-state index in [1.807, 2.05) is 0 Å². The van der Waals surface area contributed by atoms with E-state index < -0.39 is 0 Å². The number of nitrogens with one attached hydrogen (secondary N) is 2. The third-order valence-corrected chi connectivity index (χ3v) is 2.81. The molecule has 0 bridgehead atoms. The zero-order valence-corrected chi connectivity index (χ0v) is 10.5. The minimum absolute atomic E-state index is 0.00811. The lowest BCUT2D eigenvalue weighted by Crippen LogP contribution is -2.49. The van der Waals surface area contributed by atoms with Gasteiger partial charge in [0.15, 0.2) is 0 Å². The van der Waals surface area contributed by atoms with E-state index in [0.717, 1.165) is 32.5 Å². The van der Waals surface area contributed by atoms with Crippen molar-refractivity contribution >= 4 is 12.0 Å². The van der Waals surface area contributed by atoms with Gasteiger partial charge in [0.05, 0.1) is 7.11 Å². The number of ether oxygens (including phenoxy) is 1. The molecule has 0 aromatic heterocycles. The van der Waals surface area contributed by atoms with Crippen LogP contribution < -0.4 is 10.6 Å². The molecule has 1 saturated heterocycles. The highest BCUT2D eigenvalue weighted by molar-refractivity contribution is 5.72. The van der Waals surface area contributed by atoms with Crippen LogP contribution in [0.5, 0.6) is 0 Å². The molecule has 0 saturated carbocycles. The molecule has 2 N–H and O–H groups in total. The Hall–Kier alpha value is -1.30. The lowest BCUT2D eigenvalue weighted by molar-refractivity contribution is -0.119. The molecule has 1 rings (SSSR count). The van der Waals surface area contributed by atoms with Crippen LogP contribution in [0.3, 0.4) is 0 Å². The number of carbonyl (C=O) groups excluding carboxylic acids is 2. The fraction of sp³-hybridized carbons (Fsp3) is 0.818. The molecule has 17 heavy (non-hydrogen) atoms. The molecule has 1 heterocycles. The standard InChI is InChI=1S/C11H21N3O3/c1-9(15)12-5-7-14-6-3-4-10(8-14)13-11(16)17-2/h10H,3-8H2,1-2H3,(H,12,15)(H,13,16). The summed E-state index contributed by atoms with van der Waals surface area (Å²) in [5.41, 5.74) is 0. The van der Waals surface area contributed by atoms with Gasteiger partial charge in [0.25, 0.3) is 0 Å². The molecular weight excluding hydrogens is 222 g/mol. The van der Waals surface area contributed by atoms with Gasteiger partial charge in [-0.15, -0.1) is 0 Å². The van der Waals surface area contributed by atoms with E-state index in [1.54, 1.807) is 0 Å². The Bertz CT molecular complexity index is 271. The Morgan fingerprint density at radius 3 is 2.88 bits per heavy atom. The van der Waals surface area contributed by atoms with Crippen LogP contribution in [-0.2, 0) is 9.53 Å². The lowest BCUT2D eigenvalue weighted by Gasteiger charge is -2.32. The highest BCUT2D eigenvalue weighted by atomic mass is 16.5. The van der Waals surface area contributed by atoms with Gasteiger partial charge >= 0.3 is 6.09 Å². The van der Waals surface area contributed by atoms with E-state index in [0.29, 0.717) is 6.54 Å². The molecule has 0 aromatic carbocycles. The summed E-state index contributed by atoms with van der Waals surface area (Å²) in [5.74, 6) is -0.00811. The molecule has 1 aliphatic heterocycles. The van der Waals surface area contributed by atoms with Gasteiger partial charge in [0.2, 0.25) is 5.91 Å². The molecule has 98 valence electrons. The average molecular weight is 243 g/mol. The number of likely N-dealkylation sites (tertiary alicyclic amines) is 1. The molecule has 6 heteroatoms. The van der Waals surface area contributed by atoms with E-state index in [1.165, 1.54) is 14.0 Å². The predicted molar refractivity (Wildman–Crippen MR) is 63.7 cm³/mol. The van der Waals surface area contributed by atoms with Crippen LogP contribution in [0.2, 0.25) is 0 Å². The first kappa shape index (κ1) is 13.8. The minimum Gasteiger partial charge on any atom is -0.453 e. The third kappa shape index (κ3) is 5.53. The molecule has 0 aliphatic carbocycles. The first-order valence-corrected chi connectivity index (χ1v) is 5.93. The Morgan fingerprint density at radius 2 is 2.24 bits per heavy atom. The second kappa shape index (κ2) is 7.11. The molecule has 1 fully saturated rings. The van der Waals surface area contributed by atoms with Crippen molar-refractivity contribution in [1.29, 1.82) is 0 Å². The third-order valence-electron chi connectivity index (χ3n) is 2.81. The van der Waals surface area contributed by atoms with E-state index >= 15 is 0 Å². The molecular formula is C11H21N3O3. The summed E-state index contributed by atoms with van der Waals surface area (Å²) in [5, 5.41) is 5.57. The fourth-order valence-electron chi connectivity index (χ4n) is 1.99. The van der Waals surface area contributed by atoms with Gasteiger partial charge in [-0.25, -0.2) is 4.79 Å². The van der Waals surface area contributed by atoms with Crippen molar-refractivity contribution in [3.63, 3.8) is 0 Å². The second-order valence-corrected chi connectivity index (χ2v) is 4.26. The van der Waals surface area contributed by atoms with Crippen molar-refractivity contribution in [2.24, 2.45) is 0 Å². The first-order chi connectivity index (χ1) is 8.11. The van der Waals surface area contributed by atoms with Gasteiger partial charge in [-0.05, 0) is 19.4 Å². The van der Waals surface area contributed by atoms with Crippen molar-refractivity contribution in [2.45, 2.75) is 25.8 Å². The number of rotatable bonds is 4. The largest absolute Gasteiger partial charge is 0.453 e. The van der Waals surface area contributed by atoms with Crippen LogP contribution in [0.25, 0.3) is 0 Å². The van der Waals surface area contributed by atoms with Crippen LogP contribution in [0.1, 0.15) is 19.8 Å². The fourth-order valence-corrected chi connectivity index (χ4v) is 1.99. The van der Waals surface area contributed by atoms with E-state index in [9.17, 15) is 9.59 Å². The summed E-state index contributed by atoms with van der Waals surface area (Å²) >= 11 is 0. The molecule has 0 aromatic rings. The van der Waals surface area contributed by atoms with Gasteiger partial charge < -0.3 is 15.4 Å². The van der Waals surface area contributed by atoms with Gasteiger partial charge in [0.1, 0.15) is 0 Å². The predicted octanol–water partition coefficient (Wildman–Crippen LogP) is -0.0571. The number of amides is 2. The number of methoxy groups -OCH3 is 1. The van der Waals surface area contributed by atoms with Gasteiger partial charge in [-0.2, -0.15) is 0 Å². The average Bonchev–Trinajstić information content (AvgIpc) is 2.29. The molecule has 2 amide bonds. The van der Waals surface area contributed by atoms with E-state index in [4.69, 9.17) is 0 Å². The van der Waals surface area contributed by atoms with E-state index in [-0.39, 0.29) is 18.0 Å². The Labute approximate surface area is 102 Å². The van der Waals surface area contributed by atoms with Crippen LogP contribution in [-0.4, -0.2) is 56.2 Å². The Balaban J connectivity index is 2.23. The summed E-state index contributed by atoms with van der Waals surface area (Å²) in [6, 6.07) is 0.147. The molecule has 1 atom stereocenters. The number of hydrogen-bond donors (Lipinski definition) is 2. The summed E-state index contributed by atoms with van der Waals surface area (Å²) in [6.07, 6.45) is 1.65. The van der Waals surface area contributed by atoms with Crippen LogP contribution >= 0.6 is 0 Å². The van der Waals surface area contributed by atoms with Crippen LogP contribution in [0.15, 0.2) is 0 Å². The summed E-state index contributed by atoms with van der Waals surface area (Å²) in [7, 11) is 1.37. The number of carbonyl (C=O) groups is 2. The van der Waals surface area contributed by atoms with Crippen molar-refractivity contribution in [3.8, 4) is 0 Å². The van der Waals surface area contributed by atoms with Crippen molar-refractivity contribution in [2.75, 3.05) is 33.3 Å². The normalized spacial score (nSPS) is 20.7. The van der Waals surface area contributed by atoms with Gasteiger partial charge in [-0.3, -0.25) is 9.69 Å². The maximum Gasteiger partial charge on any atom is 0.407 e. The maximum absolute atomic E-state index is 11.1. The Morgan fingerprint density at radius 1 is 1.47 bits per heavy atom. The zero-order chi connectivity index (χ0) is 12.7. The molecule has 6 nitrogen and oxygen atoms in total. The Kier molecular flexibility index (Phi) is 5.76. The van der Waals surface area contributed by atoms with Crippen LogP contribution in [0, 0.1) is 0 Å². The molecule has 1 aliphatic rings. The highest BCUT2D eigenvalue weighted by Gasteiger charge is 2.21. The van der Waals surface area contributed by atoms with Crippen molar-refractivity contribution in [3.05, 3.63) is 0 Å². The summed E-state index contributed by atoms with van der Waals surface area (Å²) in [6.45, 7) is 4.81. The number of piperidine rings is 1. The SMILES string of the molecule is COC(=O)NC1CCCN(CCNC(C)=O)C1. The molecule has 1 unspecified atom stereocenters. The monoisotopic (exact) mass is 243 g/mol. The smallest absolute Gasteiger partial charge is 0.407 e.